The smallest absolute Gasteiger partial charge is 0.408 e. The van der Waals surface area contributed by atoms with Crippen LogP contribution in [0, 0.1) is 0 Å². The second kappa shape index (κ2) is 7.41. The van der Waals surface area contributed by atoms with Gasteiger partial charge in [0.05, 0.1) is 6.10 Å². The van der Waals surface area contributed by atoms with Crippen molar-refractivity contribution in [1.82, 2.24) is 10.6 Å². The average molecular weight is 264 g/mol. The van der Waals surface area contributed by atoms with Crippen molar-refractivity contribution in [2.45, 2.75) is 32.4 Å². The van der Waals surface area contributed by atoms with Crippen LogP contribution in [-0.2, 0) is 16.0 Å². The second-order valence-corrected chi connectivity index (χ2v) is 4.45. The lowest BCUT2D eigenvalue weighted by Gasteiger charge is -2.18. The number of hydrogen-bond acceptors (Lipinski definition) is 3. The highest BCUT2D eigenvalue weighted by molar-refractivity contribution is 5.85. The Labute approximate surface area is 113 Å². The lowest BCUT2D eigenvalue weighted by atomic mass is 10.1. The largest absolute Gasteiger partial charge is 0.447 e. The Hall–Kier alpha value is -2.04. The zero-order chi connectivity index (χ0) is 14.3. The molecule has 0 aliphatic carbocycles. The summed E-state index contributed by atoms with van der Waals surface area (Å²) in [6, 6.07) is 8.86. The molecule has 0 radical (unpaired) electrons. The highest BCUT2D eigenvalue weighted by Gasteiger charge is 2.21. The maximum Gasteiger partial charge on any atom is 0.408 e. The molecule has 1 aromatic carbocycles. The van der Waals surface area contributed by atoms with E-state index in [9.17, 15) is 9.59 Å². The third-order valence-electron chi connectivity index (χ3n) is 2.48. The summed E-state index contributed by atoms with van der Waals surface area (Å²) in [7, 11) is 1.54. The number of nitrogens with one attached hydrogen (secondary N) is 2. The summed E-state index contributed by atoms with van der Waals surface area (Å²) in [5.74, 6) is -0.246. The monoisotopic (exact) mass is 264 g/mol. The molecule has 0 aromatic heterocycles. The molecule has 1 atom stereocenters. The van der Waals surface area contributed by atoms with E-state index in [1.807, 2.05) is 30.3 Å². The SMILES string of the molecule is CNC(=O)C(Cc1ccccc1)NC(=O)OC(C)C. The van der Waals surface area contributed by atoms with E-state index in [2.05, 4.69) is 10.6 Å². The van der Waals surface area contributed by atoms with Crippen molar-refractivity contribution in [3.05, 3.63) is 35.9 Å². The minimum atomic E-state index is -0.640. The molecule has 5 heteroatoms. The Kier molecular flexibility index (Phi) is 5.85. The zero-order valence-corrected chi connectivity index (χ0v) is 11.5. The number of carbonyl (C=O) groups excluding carboxylic acids is 2. The summed E-state index contributed by atoms with van der Waals surface area (Å²) in [6.45, 7) is 3.51. The first-order chi connectivity index (χ1) is 9.02. The van der Waals surface area contributed by atoms with Gasteiger partial charge < -0.3 is 15.4 Å². The van der Waals surface area contributed by atoms with E-state index in [0.29, 0.717) is 6.42 Å². The van der Waals surface area contributed by atoms with Gasteiger partial charge in [0.1, 0.15) is 6.04 Å². The van der Waals surface area contributed by atoms with Gasteiger partial charge in [-0.05, 0) is 19.4 Å². The quantitative estimate of drug-likeness (QED) is 0.846. The molecule has 1 unspecified atom stereocenters. The van der Waals surface area contributed by atoms with Crippen LogP contribution in [0.4, 0.5) is 4.79 Å². The summed E-state index contributed by atoms with van der Waals surface area (Å²) in [5, 5.41) is 5.11. The normalized spacial score (nSPS) is 11.8. The Morgan fingerprint density at radius 3 is 2.37 bits per heavy atom. The highest BCUT2D eigenvalue weighted by Crippen LogP contribution is 2.04. The lowest BCUT2D eigenvalue weighted by Crippen LogP contribution is -2.47. The Bertz CT molecular complexity index is 418. The van der Waals surface area contributed by atoms with E-state index in [-0.39, 0.29) is 12.0 Å². The molecule has 0 bridgehead atoms. The maximum atomic E-state index is 11.8. The van der Waals surface area contributed by atoms with Gasteiger partial charge in [-0.2, -0.15) is 0 Å². The molecule has 0 heterocycles. The number of amides is 2. The van der Waals surface area contributed by atoms with Crippen molar-refractivity contribution in [1.29, 1.82) is 0 Å². The number of ether oxygens (including phenoxy) is 1. The van der Waals surface area contributed by atoms with Crippen LogP contribution in [-0.4, -0.2) is 31.2 Å². The van der Waals surface area contributed by atoms with Gasteiger partial charge >= 0.3 is 6.09 Å². The van der Waals surface area contributed by atoms with Crippen molar-refractivity contribution in [3.8, 4) is 0 Å². The number of carbonyl (C=O) groups is 2. The fourth-order valence-corrected chi connectivity index (χ4v) is 1.62. The van der Waals surface area contributed by atoms with Crippen molar-refractivity contribution >= 4 is 12.0 Å². The summed E-state index contributed by atoms with van der Waals surface area (Å²) < 4.78 is 4.98. The van der Waals surface area contributed by atoms with Crippen LogP contribution in [0.3, 0.4) is 0 Å². The van der Waals surface area contributed by atoms with Crippen LogP contribution in [0.2, 0.25) is 0 Å². The predicted molar refractivity (Wildman–Crippen MR) is 72.8 cm³/mol. The van der Waals surface area contributed by atoms with Crippen LogP contribution in [0.15, 0.2) is 30.3 Å². The number of benzene rings is 1. The number of likely N-dealkylation sites (N-methyl/N-ethyl adjacent to an activating group) is 1. The van der Waals surface area contributed by atoms with Gasteiger partial charge in [-0.25, -0.2) is 4.79 Å². The number of alkyl carbamates (subject to hydrolysis) is 1. The number of hydrogen-bond donors (Lipinski definition) is 2. The molecule has 0 aliphatic rings. The number of rotatable bonds is 5. The van der Waals surface area contributed by atoms with Crippen molar-refractivity contribution in [3.63, 3.8) is 0 Å². The standard InChI is InChI=1S/C14H20N2O3/c1-10(2)19-14(18)16-12(13(17)15-3)9-11-7-5-4-6-8-11/h4-8,10,12H,9H2,1-3H3,(H,15,17)(H,16,18). The first-order valence-electron chi connectivity index (χ1n) is 6.25. The fourth-order valence-electron chi connectivity index (χ4n) is 1.62. The van der Waals surface area contributed by atoms with Crippen LogP contribution in [0.25, 0.3) is 0 Å². The third-order valence-corrected chi connectivity index (χ3v) is 2.48. The molecule has 1 aromatic rings. The molecular weight excluding hydrogens is 244 g/mol. The summed E-state index contributed by atoms with van der Waals surface area (Å²) in [4.78, 5) is 23.3. The molecule has 0 saturated carbocycles. The van der Waals surface area contributed by atoms with Gasteiger partial charge in [-0.3, -0.25) is 4.79 Å². The van der Waals surface area contributed by atoms with Crippen molar-refractivity contribution < 1.29 is 14.3 Å². The van der Waals surface area contributed by atoms with E-state index < -0.39 is 12.1 Å². The molecule has 0 spiro atoms. The first kappa shape index (κ1) is 15.0. The van der Waals surface area contributed by atoms with Gasteiger partial charge in [0, 0.05) is 13.5 Å². The minimum Gasteiger partial charge on any atom is -0.447 e. The molecular formula is C14H20N2O3. The minimum absolute atomic E-state index is 0.220. The van der Waals surface area contributed by atoms with E-state index >= 15 is 0 Å². The molecule has 2 N–H and O–H groups in total. The molecule has 104 valence electrons. The van der Waals surface area contributed by atoms with Gasteiger partial charge in [0.25, 0.3) is 0 Å². The van der Waals surface area contributed by atoms with E-state index in [1.54, 1.807) is 13.8 Å². The van der Waals surface area contributed by atoms with Gasteiger partial charge in [0.2, 0.25) is 5.91 Å². The van der Waals surface area contributed by atoms with E-state index in [4.69, 9.17) is 4.74 Å². The van der Waals surface area contributed by atoms with Crippen LogP contribution in [0.5, 0.6) is 0 Å². The molecule has 5 nitrogen and oxygen atoms in total. The summed E-state index contributed by atoms with van der Waals surface area (Å²) in [6.07, 6.45) is -0.380. The third kappa shape index (κ3) is 5.42. The average Bonchev–Trinajstić information content (AvgIpc) is 2.37. The molecule has 1 rings (SSSR count). The van der Waals surface area contributed by atoms with Crippen LogP contribution < -0.4 is 10.6 Å². The molecule has 2 amide bonds. The fraction of sp³-hybridized carbons (Fsp3) is 0.429. The van der Waals surface area contributed by atoms with E-state index in [1.165, 1.54) is 7.05 Å². The van der Waals surface area contributed by atoms with Gasteiger partial charge in [0.15, 0.2) is 0 Å². The Morgan fingerprint density at radius 1 is 1.21 bits per heavy atom. The zero-order valence-electron chi connectivity index (χ0n) is 11.5. The molecule has 0 fully saturated rings. The predicted octanol–water partition coefficient (Wildman–Crippen LogP) is 1.48. The van der Waals surface area contributed by atoms with Gasteiger partial charge in [-0.1, -0.05) is 30.3 Å². The van der Waals surface area contributed by atoms with Gasteiger partial charge in [-0.15, -0.1) is 0 Å². The topological polar surface area (TPSA) is 67.4 Å². The maximum absolute atomic E-state index is 11.8. The second-order valence-electron chi connectivity index (χ2n) is 4.45. The Balaban J connectivity index is 2.67. The summed E-state index contributed by atoms with van der Waals surface area (Å²) >= 11 is 0. The lowest BCUT2D eigenvalue weighted by molar-refractivity contribution is -0.122. The van der Waals surface area contributed by atoms with Crippen LogP contribution in [0.1, 0.15) is 19.4 Å². The van der Waals surface area contributed by atoms with E-state index in [0.717, 1.165) is 5.56 Å². The summed E-state index contributed by atoms with van der Waals surface area (Å²) in [5.41, 5.74) is 0.973. The van der Waals surface area contributed by atoms with Crippen LogP contribution >= 0.6 is 0 Å². The Morgan fingerprint density at radius 2 is 1.84 bits per heavy atom. The van der Waals surface area contributed by atoms with Crippen molar-refractivity contribution in [2.24, 2.45) is 0 Å². The van der Waals surface area contributed by atoms with Crippen molar-refractivity contribution in [2.75, 3.05) is 7.05 Å². The first-order valence-corrected chi connectivity index (χ1v) is 6.25. The molecule has 0 saturated heterocycles. The molecule has 0 aliphatic heterocycles. The highest BCUT2D eigenvalue weighted by atomic mass is 16.6. The molecule has 19 heavy (non-hydrogen) atoms.